The van der Waals surface area contributed by atoms with E-state index in [1.165, 1.54) is 7.11 Å². The number of ether oxygens (including phenoxy) is 1. The fraction of sp³-hybridized carbons (Fsp3) is 0.615. The van der Waals surface area contributed by atoms with Crippen LogP contribution < -0.4 is 0 Å². The Balaban J connectivity index is 1.98. The number of nitrogens with zero attached hydrogens (tertiary/aromatic N) is 1. The molecule has 0 saturated heterocycles. The van der Waals surface area contributed by atoms with Gasteiger partial charge in [-0.1, -0.05) is 0 Å². The number of aliphatic hydroxyl groups excluding tert-OH is 2. The number of aromatic nitrogens is 1. The van der Waals surface area contributed by atoms with Crippen LogP contribution in [0.5, 0.6) is 0 Å². The average molecular weight is 253 g/mol. The number of aryl methyl sites for hydroxylation is 1. The summed E-state index contributed by atoms with van der Waals surface area (Å²) >= 11 is 0. The third-order valence-corrected chi connectivity index (χ3v) is 3.67. The van der Waals surface area contributed by atoms with Crippen molar-refractivity contribution in [3.8, 4) is 0 Å². The number of aliphatic hydroxyl groups is 2. The monoisotopic (exact) mass is 253 g/mol. The number of hydrogen-bond donors (Lipinski definition) is 2. The van der Waals surface area contributed by atoms with E-state index in [4.69, 9.17) is 4.74 Å². The quantitative estimate of drug-likeness (QED) is 0.778. The molecule has 0 amide bonds. The summed E-state index contributed by atoms with van der Waals surface area (Å²) in [4.78, 5) is 11.5. The van der Waals surface area contributed by atoms with Crippen LogP contribution in [0.1, 0.15) is 29.8 Å². The van der Waals surface area contributed by atoms with Gasteiger partial charge in [0, 0.05) is 18.7 Å². The lowest BCUT2D eigenvalue weighted by Gasteiger charge is -2.18. The molecule has 18 heavy (non-hydrogen) atoms. The number of carbonyl (C=O) groups is 1. The molecule has 1 fully saturated rings. The standard InChI is InChI=1S/C13H19NO4/c1-18-13(17)10-3-2-7-14(10)8-6-9-11(15)4-5-12(9)16/h2-3,7,9,11-12,15-16H,4-6,8H2,1H3. The first kappa shape index (κ1) is 13.1. The summed E-state index contributed by atoms with van der Waals surface area (Å²) in [6.07, 6.45) is 2.90. The van der Waals surface area contributed by atoms with Gasteiger partial charge in [0.25, 0.3) is 0 Å². The minimum Gasteiger partial charge on any atom is -0.464 e. The van der Waals surface area contributed by atoms with Crippen LogP contribution in [0.15, 0.2) is 18.3 Å². The van der Waals surface area contributed by atoms with Gasteiger partial charge < -0.3 is 19.5 Å². The molecule has 1 aliphatic carbocycles. The van der Waals surface area contributed by atoms with E-state index < -0.39 is 12.2 Å². The summed E-state index contributed by atoms with van der Waals surface area (Å²) in [7, 11) is 1.35. The molecule has 1 aromatic heterocycles. The van der Waals surface area contributed by atoms with Crippen molar-refractivity contribution in [3.63, 3.8) is 0 Å². The fourth-order valence-corrected chi connectivity index (χ4v) is 2.60. The van der Waals surface area contributed by atoms with Crippen molar-refractivity contribution < 1.29 is 19.7 Å². The van der Waals surface area contributed by atoms with Crippen LogP contribution in [0.4, 0.5) is 0 Å². The molecule has 1 aliphatic rings. The van der Waals surface area contributed by atoms with Crippen LogP contribution >= 0.6 is 0 Å². The lowest BCUT2D eigenvalue weighted by Crippen LogP contribution is -2.24. The Kier molecular flexibility index (Phi) is 4.04. The molecule has 2 N–H and O–H groups in total. The van der Waals surface area contributed by atoms with Crippen molar-refractivity contribution in [2.45, 2.75) is 38.0 Å². The second-order valence-electron chi connectivity index (χ2n) is 4.74. The zero-order chi connectivity index (χ0) is 13.1. The van der Waals surface area contributed by atoms with E-state index >= 15 is 0 Å². The number of carbonyl (C=O) groups excluding carboxylic acids is 1. The normalized spacial score (nSPS) is 27.4. The summed E-state index contributed by atoms with van der Waals surface area (Å²) < 4.78 is 6.49. The van der Waals surface area contributed by atoms with E-state index in [0.29, 0.717) is 31.5 Å². The number of rotatable bonds is 4. The minimum atomic E-state index is -0.433. The Morgan fingerprint density at radius 1 is 1.44 bits per heavy atom. The average Bonchev–Trinajstić information content (AvgIpc) is 2.94. The second-order valence-corrected chi connectivity index (χ2v) is 4.74. The summed E-state index contributed by atoms with van der Waals surface area (Å²) in [5.41, 5.74) is 0.500. The van der Waals surface area contributed by atoms with E-state index in [-0.39, 0.29) is 11.9 Å². The van der Waals surface area contributed by atoms with E-state index in [2.05, 4.69) is 0 Å². The summed E-state index contributed by atoms with van der Waals surface area (Å²) in [5, 5.41) is 19.5. The van der Waals surface area contributed by atoms with Gasteiger partial charge in [0.05, 0.1) is 19.3 Å². The van der Waals surface area contributed by atoms with Gasteiger partial charge in [-0.3, -0.25) is 0 Å². The molecule has 0 radical (unpaired) electrons. The van der Waals surface area contributed by atoms with Crippen LogP contribution in [0.25, 0.3) is 0 Å². The molecule has 1 saturated carbocycles. The Labute approximate surface area is 106 Å². The lowest BCUT2D eigenvalue weighted by molar-refractivity contribution is 0.0556. The highest BCUT2D eigenvalue weighted by atomic mass is 16.5. The molecule has 5 nitrogen and oxygen atoms in total. The molecular weight excluding hydrogens is 234 g/mol. The van der Waals surface area contributed by atoms with Crippen molar-refractivity contribution in [3.05, 3.63) is 24.0 Å². The first-order valence-corrected chi connectivity index (χ1v) is 6.23. The molecule has 0 aliphatic heterocycles. The first-order chi connectivity index (χ1) is 8.63. The molecule has 2 atom stereocenters. The molecule has 5 heteroatoms. The highest BCUT2D eigenvalue weighted by Crippen LogP contribution is 2.29. The summed E-state index contributed by atoms with van der Waals surface area (Å²) in [5.74, 6) is -0.467. The van der Waals surface area contributed by atoms with Crippen molar-refractivity contribution in [1.82, 2.24) is 4.57 Å². The predicted molar refractivity (Wildman–Crippen MR) is 65.1 cm³/mol. The Morgan fingerprint density at radius 2 is 2.11 bits per heavy atom. The van der Waals surface area contributed by atoms with Gasteiger partial charge in [0.1, 0.15) is 5.69 Å². The maximum atomic E-state index is 11.5. The Morgan fingerprint density at radius 3 is 2.72 bits per heavy atom. The van der Waals surface area contributed by atoms with Crippen LogP contribution in [0, 0.1) is 5.92 Å². The van der Waals surface area contributed by atoms with Gasteiger partial charge in [-0.15, -0.1) is 0 Å². The van der Waals surface area contributed by atoms with Gasteiger partial charge in [0.15, 0.2) is 0 Å². The van der Waals surface area contributed by atoms with Crippen LogP contribution in [0.3, 0.4) is 0 Å². The molecule has 1 aromatic rings. The molecule has 100 valence electrons. The maximum absolute atomic E-state index is 11.5. The summed E-state index contributed by atoms with van der Waals surface area (Å²) in [6, 6.07) is 3.49. The predicted octanol–water partition coefficient (Wildman–Crippen LogP) is 0.797. The van der Waals surface area contributed by atoms with Gasteiger partial charge in [-0.2, -0.15) is 0 Å². The summed E-state index contributed by atoms with van der Waals surface area (Å²) in [6.45, 7) is 0.593. The number of methoxy groups -OCH3 is 1. The SMILES string of the molecule is COC(=O)c1cccn1CCC1C(O)CCC1O. The van der Waals surface area contributed by atoms with Crippen molar-refractivity contribution >= 4 is 5.97 Å². The molecule has 0 spiro atoms. The van der Waals surface area contributed by atoms with Gasteiger partial charge in [0.2, 0.25) is 0 Å². The topological polar surface area (TPSA) is 71.7 Å². The minimum absolute atomic E-state index is 0.0992. The van der Waals surface area contributed by atoms with Crippen molar-refractivity contribution in [2.75, 3.05) is 7.11 Å². The van der Waals surface area contributed by atoms with E-state index in [0.717, 1.165) is 0 Å². The fourth-order valence-electron chi connectivity index (χ4n) is 2.60. The molecule has 0 bridgehead atoms. The maximum Gasteiger partial charge on any atom is 0.354 e. The third kappa shape index (κ3) is 2.57. The van der Waals surface area contributed by atoms with E-state index in [1.54, 1.807) is 22.9 Å². The molecule has 2 unspecified atom stereocenters. The van der Waals surface area contributed by atoms with Crippen molar-refractivity contribution in [2.24, 2.45) is 5.92 Å². The smallest absolute Gasteiger partial charge is 0.354 e. The Bertz CT molecular complexity index is 405. The van der Waals surface area contributed by atoms with Gasteiger partial charge >= 0.3 is 5.97 Å². The van der Waals surface area contributed by atoms with Crippen LogP contribution in [0.2, 0.25) is 0 Å². The molecule has 1 heterocycles. The molecule has 0 aromatic carbocycles. The highest BCUT2D eigenvalue weighted by molar-refractivity contribution is 5.87. The van der Waals surface area contributed by atoms with Crippen LogP contribution in [-0.4, -0.2) is 40.1 Å². The van der Waals surface area contributed by atoms with E-state index in [1.807, 2.05) is 0 Å². The zero-order valence-electron chi connectivity index (χ0n) is 10.5. The molecular formula is C13H19NO4. The van der Waals surface area contributed by atoms with Gasteiger partial charge in [-0.05, 0) is 31.4 Å². The van der Waals surface area contributed by atoms with Crippen LogP contribution in [-0.2, 0) is 11.3 Å². The Hall–Kier alpha value is -1.33. The number of esters is 1. The zero-order valence-corrected chi connectivity index (χ0v) is 10.5. The highest BCUT2D eigenvalue weighted by Gasteiger charge is 2.33. The second kappa shape index (κ2) is 5.54. The number of hydrogen-bond acceptors (Lipinski definition) is 4. The molecule has 2 rings (SSSR count). The first-order valence-electron chi connectivity index (χ1n) is 6.23. The van der Waals surface area contributed by atoms with Crippen molar-refractivity contribution in [1.29, 1.82) is 0 Å². The third-order valence-electron chi connectivity index (χ3n) is 3.67. The van der Waals surface area contributed by atoms with E-state index in [9.17, 15) is 15.0 Å². The lowest BCUT2D eigenvalue weighted by atomic mass is 9.99. The largest absolute Gasteiger partial charge is 0.464 e. The van der Waals surface area contributed by atoms with Gasteiger partial charge in [-0.25, -0.2) is 4.79 Å².